The van der Waals surface area contributed by atoms with Gasteiger partial charge in [0.15, 0.2) is 5.60 Å². The van der Waals surface area contributed by atoms with Gasteiger partial charge in [-0.3, -0.25) is 0 Å². The molecule has 1 heterocycles. The van der Waals surface area contributed by atoms with Crippen LogP contribution in [0.1, 0.15) is 57.3 Å². The average molecular weight is 546 g/mol. The molecule has 1 N–H and O–H groups in total. The minimum Gasteiger partial charge on any atom is -0.494 e. The van der Waals surface area contributed by atoms with E-state index in [1.807, 2.05) is 18.2 Å². The number of carbonyl (C=O) groups is 1. The van der Waals surface area contributed by atoms with Gasteiger partial charge in [0, 0.05) is 32.4 Å². The number of methoxy groups -OCH3 is 2. The van der Waals surface area contributed by atoms with Gasteiger partial charge < -0.3 is 24.1 Å². The fraction of sp³-hybridized carbons (Fsp3) is 0.515. The van der Waals surface area contributed by atoms with Crippen molar-refractivity contribution >= 4 is 22.6 Å². The van der Waals surface area contributed by atoms with Crippen molar-refractivity contribution in [2.45, 2.75) is 63.6 Å². The van der Waals surface area contributed by atoms with Gasteiger partial charge in [0.1, 0.15) is 22.7 Å². The molecule has 214 valence electrons. The Morgan fingerprint density at radius 2 is 1.90 bits per heavy atom. The van der Waals surface area contributed by atoms with Crippen molar-refractivity contribution in [3.63, 3.8) is 0 Å². The first-order valence-corrected chi connectivity index (χ1v) is 14.5. The highest BCUT2D eigenvalue weighted by molar-refractivity contribution is 5.81. The zero-order chi connectivity index (χ0) is 28.3. The number of esters is 1. The molecule has 3 aromatic rings. The molecule has 1 saturated carbocycles. The predicted molar refractivity (Wildman–Crippen MR) is 158 cm³/mol. The highest BCUT2D eigenvalue weighted by Gasteiger charge is 2.51. The van der Waals surface area contributed by atoms with E-state index >= 15 is 0 Å². The average Bonchev–Trinajstić information content (AvgIpc) is 3.40. The quantitative estimate of drug-likeness (QED) is 0.279. The molecule has 7 heteroatoms. The summed E-state index contributed by atoms with van der Waals surface area (Å²) < 4.78 is 17.4. The van der Waals surface area contributed by atoms with E-state index in [1.165, 1.54) is 11.1 Å². The number of fused-ring (bicyclic) bond motifs is 3. The van der Waals surface area contributed by atoms with Gasteiger partial charge in [-0.15, -0.1) is 0 Å². The minimum atomic E-state index is -0.975. The third-order valence-corrected chi connectivity index (χ3v) is 8.93. The molecular formula is C33H43N3O4. The molecule has 0 aliphatic heterocycles. The SMILES string of the molecule is COc1cccc2[nH]c(CCCN(C)CC[C@]3(OC(=O)C(C)(C)OC)C[C@H]4CC[C@@H]3C=C4c3ccccc3)nc12. The van der Waals surface area contributed by atoms with Crippen LogP contribution in [0.15, 0.2) is 54.6 Å². The third kappa shape index (κ3) is 5.81. The molecule has 0 radical (unpaired) electrons. The summed E-state index contributed by atoms with van der Waals surface area (Å²) in [7, 11) is 5.40. The van der Waals surface area contributed by atoms with E-state index in [9.17, 15) is 4.79 Å². The summed E-state index contributed by atoms with van der Waals surface area (Å²) >= 11 is 0. The number of para-hydroxylation sites is 1. The third-order valence-electron chi connectivity index (χ3n) is 8.93. The van der Waals surface area contributed by atoms with Crippen LogP contribution in [-0.4, -0.2) is 66.4 Å². The van der Waals surface area contributed by atoms with E-state index in [1.54, 1.807) is 28.1 Å². The van der Waals surface area contributed by atoms with Crippen LogP contribution in [0, 0.1) is 11.8 Å². The van der Waals surface area contributed by atoms with Gasteiger partial charge in [-0.1, -0.05) is 42.5 Å². The first kappa shape index (κ1) is 28.4. The Balaban J connectivity index is 1.26. The lowest BCUT2D eigenvalue weighted by molar-refractivity contribution is -0.192. The number of hydrogen-bond acceptors (Lipinski definition) is 6. The molecule has 3 aliphatic rings. The van der Waals surface area contributed by atoms with Crippen LogP contribution in [0.25, 0.3) is 16.6 Å². The summed E-state index contributed by atoms with van der Waals surface area (Å²) in [5, 5.41) is 0. The van der Waals surface area contributed by atoms with Crippen molar-refractivity contribution in [3.05, 3.63) is 66.0 Å². The number of rotatable bonds is 12. The molecule has 0 unspecified atom stereocenters. The maximum absolute atomic E-state index is 13.3. The van der Waals surface area contributed by atoms with E-state index in [0.29, 0.717) is 5.92 Å². The van der Waals surface area contributed by atoms with Crippen LogP contribution in [0.2, 0.25) is 0 Å². The molecule has 6 rings (SSSR count). The van der Waals surface area contributed by atoms with E-state index in [4.69, 9.17) is 19.2 Å². The van der Waals surface area contributed by atoms with Gasteiger partial charge in [-0.05, 0) is 82.3 Å². The van der Waals surface area contributed by atoms with Crippen LogP contribution in [-0.2, 0) is 20.7 Å². The molecule has 40 heavy (non-hydrogen) atoms. The number of benzene rings is 2. The first-order valence-electron chi connectivity index (χ1n) is 14.5. The maximum Gasteiger partial charge on any atom is 0.338 e. The van der Waals surface area contributed by atoms with Crippen molar-refractivity contribution in [1.29, 1.82) is 0 Å². The smallest absolute Gasteiger partial charge is 0.338 e. The van der Waals surface area contributed by atoms with Crippen LogP contribution >= 0.6 is 0 Å². The zero-order valence-electron chi connectivity index (χ0n) is 24.5. The zero-order valence-corrected chi connectivity index (χ0v) is 24.5. The number of aryl methyl sites for hydroxylation is 1. The van der Waals surface area contributed by atoms with Crippen LogP contribution < -0.4 is 4.74 Å². The molecule has 2 bridgehead atoms. The van der Waals surface area contributed by atoms with E-state index in [0.717, 1.165) is 74.2 Å². The number of aromatic amines is 1. The van der Waals surface area contributed by atoms with Gasteiger partial charge >= 0.3 is 5.97 Å². The van der Waals surface area contributed by atoms with Crippen LogP contribution in [0.4, 0.5) is 0 Å². The van der Waals surface area contributed by atoms with Crippen molar-refractivity contribution in [2.24, 2.45) is 11.8 Å². The first-order chi connectivity index (χ1) is 19.2. The minimum absolute atomic E-state index is 0.197. The molecule has 7 nitrogen and oxygen atoms in total. The Bertz CT molecular complexity index is 1350. The molecule has 2 aromatic carbocycles. The number of aromatic nitrogens is 2. The Labute approximate surface area is 237 Å². The molecular weight excluding hydrogens is 502 g/mol. The molecule has 0 spiro atoms. The van der Waals surface area contributed by atoms with Crippen molar-refractivity contribution in [3.8, 4) is 5.75 Å². The monoisotopic (exact) mass is 545 g/mol. The molecule has 0 saturated heterocycles. The fourth-order valence-electron chi connectivity index (χ4n) is 6.33. The fourth-order valence-corrected chi connectivity index (χ4v) is 6.33. The van der Waals surface area contributed by atoms with Crippen molar-refractivity contribution < 1.29 is 19.0 Å². The summed E-state index contributed by atoms with van der Waals surface area (Å²) in [4.78, 5) is 23.8. The Hall–Kier alpha value is -3.16. The van der Waals surface area contributed by atoms with E-state index in [-0.39, 0.29) is 11.9 Å². The number of nitrogens with zero attached hydrogens (tertiary/aromatic N) is 2. The molecule has 3 aliphatic carbocycles. The summed E-state index contributed by atoms with van der Waals surface area (Å²) in [6.07, 6.45) is 8.08. The summed E-state index contributed by atoms with van der Waals surface area (Å²) in [6, 6.07) is 16.6. The van der Waals surface area contributed by atoms with Crippen molar-refractivity contribution in [1.82, 2.24) is 14.9 Å². The molecule has 1 aromatic heterocycles. The van der Waals surface area contributed by atoms with Gasteiger partial charge in [-0.2, -0.15) is 0 Å². The van der Waals surface area contributed by atoms with Gasteiger partial charge in [-0.25, -0.2) is 9.78 Å². The maximum atomic E-state index is 13.3. The number of imidazole rings is 1. The van der Waals surface area contributed by atoms with Crippen LogP contribution in [0.5, 0.6) is 5.75 Å². The summed E-state index contributed by atoms with van der Waals surface area (Å²) in [6.45, 7) is 5.36. The second kappa shape index (κ2) is 11.8. The number of ether oxygens (including phenoxy) is 3. The Morgan fingerprint density at radius 1 is 1.10 bits per heavy atom. The lowest BCUT2D eigenvalue weighted by Gasteiger charge is -2.51. The van der Waals surface area contributed by atoms with Gasteiger partial charge in [0.05, 0.1) is 12.6 Å². The molecule has 3 atom stereocenters. The standard InChI is InChI=1S/C33H43N3O4/c1-32(2,39-5)31(37)40-33(22-24-16-17-25(33)21-26(24)23-11-7-6-8-12-23)18-20-36(3)19-10-15-29-34-27-13-9-14-28(38-4)30(27)35-29/h6-9,11-14,21,24-25H,10,15-20,22H2,1-5H3,(H,34,35)/t24-,25-,33+/m1/s1. The van der Waals surface area contributed by atoms with Crippen molar-refractivity contribution in [2.75, 3.05) is 34.4 Å². The number of H-pyrrole nitrogens is 1. The normalized spacial score (nSPS) is 22.5. The number of allylic oxidation sites excluding steroid dienone is 1. The summed E-state index contributed by atoms with van der Waals surface area (Å²) in [5.41, 5.74) is 3.08. The van der Waals surface area contributed by atoms with Crippen LogP contribution in [0.3, 0.4) is 0 Å². The van der Waals surface area contributed by atoms with E-state index < -0.39 is 11.2 Å². The van der Waals surface area contributed by atoms with Gasteiger partial charge in [0.25, 0.3) is 0 Å². The highest BCUT2D eigenvalue weighted by atomic mass is 16.6. The Morgan fingerprint density at radius 3 is 2.60 bits per heavy atom. The topological polar surface area (TPSA) is 76.7 Å². The second-order valence-corrected chi connectivity index (χ2v) is 11.9. The Kier molecular flexibility index (Phi) is 8.34. The number of carbonyl (C=O) groups excluding carboxylic acids is 1. The highest BCUT2D eigenvalue weighted by Crippen LogP contribution is 2.53. The van der Waals surface area contributed by atoms with Gasteiger partial charge in [0.2, 0.25) is 0 Å². The summed E-state index contributed by atoms with van der Waals surface area (Å²) in [5.74, 6) is 2.08. The lowest BCUT2D eigenvalue weighted by Crippen LogP contribution is -2.53. The predicted octanol–water partition coefficient (Wildman–Crippen LogP) is 6.05. The lowest BCUT2D eigenvalue weighted by atomic mass is 9.60. The van der Waals surface area contributed by atoms with E-state index in [2.05, 4.69) is 53.3 Å². The largest absolute Gasteiger partial charge is 0.494 e. The number of hydrogen-bond donors (Lipinski definition) is 1. The molecule has 1 fully saturated rings. The molecule has 0 amide bonds. The number of nitrogens with one attached hydrogen (secondary N) is 1. The second-order valence-electron chi connectivity index (χ2n) is 11.9.